The average molecular weight is 226 g/mol. The van der Waals surface area contributed by atoms with E-state index in [1.165, 1.54) is 0 Å². The van der Waals surface area contributed by atoms with Gasteiger partial charge in [-0.15, -0.1) is 0 Å². The van der Waals surface area contributed by atoms with Crippen LogP contribution in [0.15, 0.2) is 0 Å². The molecule has 1 fully saturated rings. The van der Waals surface area contributed by atoms with Gasteiger partial charge in [0, 0.05) is 13.1 Å². The first-order valence-electron chi connectivity index (χ1n) is 6.49. The number of rotatable bonds is 4. The summed E-state index contributed by atoms with van der Waals surface area (Å²) in [5.74, 6) is 0.124. The number of hydrogen-bond acceptors (Lipinski definition) is 2. The number of carbonyl (C=O) groups excluding carboxylic acids is 1. The van der Waals surface area contributed by atoms with Crippen LogP contribution in [0.5, 0.6) is 0 Å². The third-order valence-electron chi connectivity index (χ3n) is 4.45. The fourth-order valence-corrected chi connectivity index (χ4v) is 2.45. The van der Waals surface area contributed by atoms with Crippen molar-refractivity contribution >= 4 is 5.91 Å². The van der Waals surface area contributed by atoms with Gasteiger partial charge in [-0.2, -0.15) is 0 Å². The van der Waals surface area contributed by atoms with Crippen molar-refractivity contribution in [2.45, 2.75) is 58.9 Å². The zero-order valence-corrected chi connectivity index (χ0v) is 11.2. The van der Waals surface area contributed by atoms with Gasteiger partial charge in [-0.05, 0) is 38.0 Å². The number of nitrogens with zero attached hydrogens (tertiary/aromatic N) is 1. The highest BCUT2D eigenvalue weighted by Gasteiger charge is 2.40. The van der Waals surface area contributed by atoms with Gasteiger partial charge in [0.25, 0.3) is 0 Å². The van der Waals surface area contributed by atoms with E-state index in [9.17, 15) is 4.79 Å². The summed E-state index contributed by atoms with van der Waals surface area (Å²) in [5, 5.41) is 0. The number of nitrogens with two attached hydrogens (primary N) is 1. The molecule has 94 valence electrons. The van der Waals surface area contributed by atoms with Crippen LogP contribution in [0.2, 0.25) is 0 Å². The van der Waals surface area contributed by atoms with Crippen LogP contribution in [0.1, 0.15) is 53.4 Å². The van der Waals surface area contributed by atoms with Crippen LogP contribution in [0.25, 0.3) is 0 Å². The summed E-state index contributed by atoms with van der Waals surface area (Å²) in [4.78, 5) is 14.2. The Morgan fingerprint density at radius 2 is 1.94 bits per heavy atom. The fourth-order valence-electron chi connectivity index (χ4n) is 2.45. The summed E-state index contributed by atoms with van der Waals surface area (Å²) in [5.41, 5.74) is 5.68. The van der Waals surface area contributed by atoms with Crippen molar-refractivity contribution in [1.82, 2.24) is 4.90 Å². The largest absolute Gasteiger partial charge is 0.341 e. The molecular formula is C13H26N2O. The molecule has 0 aliphatic carbocycles. The Morgan fingerprint density at radius 1 is 1.38 bits per heavy atom. The van der Waals surface area contributed by atoms with Crippen molar-refractivity contribution in [3.05, 3.63) is 0 Å². The van der Waals surface area contributed by atoms with Crippen LogP contribution in [-0.4, -0.2) is 29.4 Å². The molecule has 0 aromatic carbocycles. The lowest BCUT2D eigenvalue weighted by atomic mass is 9.82. The molecule has 1 rings (SSSR count). The highest BCUT2D eigenvalue weighted by Crippen LogP contribution is 2.37. The molecule has 0 aromatic heterocycles. The maximum Gasteiger partial charge on any atom is 0.242 e. The Kier molecular flexibility index (Phi) is 4.00. The van der Waals surface area contributed by atoms with E-state index < -0.39 is 5.54 Å². The summed E-state index contributed by atoms with van der Waals surface area (Å²) in [6.45, 7) is 10.0. The Hall–Kier alpha value is -0.570. The van der Waals surface area contributed by atoms with Crippen LogP contribution >= 0.6 is 0 Å². The van der Waals surface area contributed by atoms with Gasteiger partial charge in [0.15, 0.2) is 0 Å². The van der Waals surface area contributed by atoms with Gasteiger partial charge in [0.1, 0.15) is 0 Å². The van der Waals surface area contributed by atoms with Crippen LogP contribution in [0.3, 0.4) is 0 Å². The normalized spacial score (nSPS) is 23.2. The molecule has 1 aliphatic rings. The standard InChI is InChI=1S/C13H26N2O/c1-5-12(4,14)11(16)15-9-8-13(6-2,7-3)10-15/h5-10,14H2,1-4H3. The molecule has 1 saturated heterocycles. The topological polar surface area (TPSA) is 46.3 Å². The quantitative estimate of drug-likeness (QED) is 0.798. The fraction of sp³-hybridized carbons (Fsp3) is 0.923. The first-order chi connectivity index (χ1) is 7.40. The lowest BCUT2D eigenvalue weighted by Crippen LogP contribution is -2.52. The molecule has 1 unspecified atom stereocenters. The van der Waals surface area contributed by atoms with Gasteiger partial charge in [0.05, 0.1) is 5.54 Å². The average Bonchev–Trinajstić information content (AvgIpc) is 2.73. The van der Waals surface area contributed by atoms with E-state index in [0.717, 1.165) is 32.4 Å². The molecule has 3 nitrogen and oxygen atoms in total. The molecule has 0 saturated carbocycles. The summed E-state index contributed by atoms with van der Waals surface area (Å²) >= 11 is 0. The SMILES string of the molecule is CCC1(CC)CCN(C(=O)C(C)(N)CC)C1. The molecule has 1 heterocycles. The Bertz CT molecular complexity index is 257. The van der Waals surface area contributed by atoms with Crippen molar-refractivity contribution in [2.24, 2.45) is 11.1 Å². The molecule has 1 aliphatic heterocycles. The van der Waals surface area contributed by atoms with Gasteiger partial charge >= 0.3 is 0 Å². The maximum atomic E-state index is 12.2. The van der Waals surface area contributed by atoms with Crippen LogP contribution < -0.4 is 5.73 Å². The number of likely N-dealkylation sites (tertiary alicyclic amines) is 1. The van der Waals surface area contributed by atoms with Crippen molar-refractivity contribution in [3.63, 3.8) is 0 Å². The third kappa shape index (κ3) is 2.40. The van der Waals surface area contributed by atoms with E-state index >= 15 is 0 Å². The number of amides is 1. The molecule has 1 amide bonds. The summed E-state index contributed by atoms with van der Waals surface area (Å²) in [6.07, 6.45) is 4.14. The molecule has 16 heavy (non-hydrogen) atoms. The van der Waals surface area contributed by atoms with Gasteiger partial charge in [0.2, 0.25) is 5.91 Å². The number of hydrogen-bond donors (Lipinski definition) is 1. The van der Waals surface area contributed by atoms with Crippen molar-refractivity contribution < 1.29 is 4.79 Å². The van der Waals surface area contributed by atoms with Gasteiger partial charge in [-0.1, -0.05) is 20.8 Å². The van der Waals surface area contributed by atoms with Crippen LogP contribution in [0, 0.1) is 5.41 Å². The molecule has 3 heteroatoms. The highest BCUT2D eigenvalue weighted by molar-refractivity contribution is 5.85. The maximum absolute atomic E-state index is 12.2. The first kappa shape index (κ1) is 13.5. The monoisotopic (exact) mass is 226 g/mol. The Labute approximate surface area is 99.4 Å². The van der Waals surface area contributed by atoms with Crippen LogP contribution in [0.4, 0.5) is 0 Å². The predicted molar refractivity (Wildman–Crippen MR) is 67.1 cm³/mol. The highest BCUT2D eigenvalue weighted by atomic mass is 16.2. The van der Waals surface area contributed by atoms with E-state index in [4.69, 9.17) is 5.73 Å². The van der Waals surface area contributed by atoms with Gasteiger partial charge < -0.3 is 10.6 Å². The third-order valence-corrected chi connectivity index (χ3v) is 4.45. The minimum Gasteiger partial charge on any atom is -0.341 e. The summed E-state index contributed by atoms with van der Waals surface area (Å²) in [7, 11) is 0. The molecule has 0 spiro atoms. The van der Waals surface area contributed by atoms with Crippen molar-refractivity contribution in [2.75, 3.05) is 13.1 Å². The zero-order chi connectivity index (χ0) is 12.4. The van der Waals surface area contributed by atoms with E-state index in [-0.39, 0.29) is 5.91 Å². The van der Waals surface area contributed by atoms with Gasteiger partial charge in [-0.25, -0.2) is 0 Å². The van der Waals surface area contributed by atoms with Crippen LogP contribution in [-0.2, 0) is 4.79 Å². The zero-order valence-electron chi connectivity index (χ0n) is 11.2. The first-order valence-corrected chi connectivity index (χ1v) is 6.49. The predicted octanol–water partition coefficient (Wildman–Crippen LogP) is 2.15. The Morgan fingerprint density at radius 3 is 2.31 bits per heavy atom. The molecular weight excluding hydrogens is 200 g/mol. The van der Waals surface area contributed by atoms with E-state index in [1.54, 1.807) is 0 Å². The number of carbonyl (C=O) groups is 1. The second-order valence-electron chi connectivity index (χ2n) is 5.45. The minimum atomic E-state index is -0.683. The summed E-state index contributed by atoms with van der Waals surface area (Å²) < 4.78 is 0. The van der Waals surface area contributed by atoms with Crippen molar-refractivity contribution in [1.29, 1.82) is 0 Å². The van der Waals surface area contributed by atoms with E-state index in [2.05, 4.69) is 13.8 Å². The molecule has 1 atom stereocenters. The second-order valence-corrected chi connectivity index (χ2v) is 5.45. The van der Waals surface area contributed by atoms with Crippen molar-refractivity contribution in [3.8, 4) is 0 Å². The smallest absolute Gasteiger partial charge is 0.242 e. The van der Waals surface area contributed by atoms with E-state index in [1.807, 2.05) is 18.7 Å². The van der Waals surface area contributed by atoms with Gasteiger partial charge in [-0.3, -0.25) is 4.79 Å². The molecule has 0 radical (unpaired) electrons. The molecule has 0 aromatic rings. The lowest BCUT2D eigenvalue weighted by molar-refractivity contribution is -0.135. The summed E-state index contributed by atoms with van der Waals surface area (Å²) in [6, 6.07) is 0. The minimum absolute atomic E-state index is 0.124. The van der Waals surface area contributed by atoms with E-state index in [0.29, 0.717) is 11.8 Å². The Balaban J connectivity index is 2.70. The second kappa shape index (κ2) is 4.74. The molecule has 2 N–H and O–H groups in total. The lowest BCUT2D eigenvalue weighted by Gasteiger charge is -2.30. The molecule has 0 bridgehead atoms.